The zero-order valence-corrected chi connectivity index (χ0v) is 24.6. The van der Waals surface area contributed by atoms with E-state index in [9.17, 15) is 10.0 Å². The Kier molecular flexibility index (Phi) is 11.3. The Labute approximate surface area is 234 Å². The number of urea groups is 1. The minimum Gasteiger partial charge on any atom is -0.493 e. The van der Waals surface area contributed by atoms with Gasteiger partial charge in [-0.1, -0.05) is 13.3 Å². The Hall–Kier alpha value is -3.02. The fraction of sp³-hybridized carbons (Fsp3) is 0.536. The number of anilines is 1. The highest BCUT2D eigenvalue weighted by atomic mass is 32.2. The number of thioether (sulfide) groups is 1. The number of benzene rings is 2. The predicted molar refractivity (Wildman–Crippen MR) is 151 cm³/mol. The van der Waals surface area contributed by atoms with Crippen LogP contribution in [0.25, 0.3) is 0 Å². The maximum atomic E-state index is 12.8. The summed E-state index contributed by atoms with van der Waals surface area (Å²) in [6, 6.07) is 7.13. The van der Waals surface area contributed by atoms with Crippen molar-refractivity contribution < 1.29 is 38.4 Å². The van der Waals surface area contributed by atoms with Gasteiger partial charge in [0, 0.05) is 17.6 Å². The van der Waals surface area contributed by atoms with Crippen molar-refractivity contribution in [2.45, 2.75) is 56.3 Å². The van der Waals surface area contributed by atoms with Crippen LogP contribution >= 0.6 is 11.8 Å². The molecule has 1 aliphatic rings. The third-order valence-electron chi connectivity index (χ3n) is 6.56. The Morgan fingerprint density at radius 1 is 0.949 bits per heavy atom. The molecule has 3 unspecified atom stereocenters. The summed E-state index contributed by atoms with van der Waals surface area (Å²) in [5.41, 5.74) is 2.45. The van der Waals surface area contributed by atoms with Crippen LogP contribution in [-0.4, -0.2) is 64.7 Å². The van der Waals surface area contributed by atoms with Gasteiger partial charge in [-0.3, -0.25) is 5.21 Å². The molecule has 3 rings (SSSR count). The number of hydrogen-bond donors (Lipinski definition) is 2. The summed E-state index contributed by atoms with van der Waals surface area (Å²) in [6.45, 7) is 3.95. The molecule has 0 spiro atoms. The van der Waals surface area contributed by atoms with E-state index in [0.717, 1.165) is 30.4 Å². The van der Waals surface area contributed by atoms with Crippen LogP contribution in [-0.2, 0) is 4.74 Å². The van der Waals surface area contributed by atoms with Crippen LogP contribution < -0.4 is 29.0 Å². The number of nitrogens with zero attached hydrogens (tertiary/aromatic N) is 1. The van der Waals surface area contributed by atoms with E-state index in [2.05, 4.69) is 5.32 Å². The van der Waals surface area contributed by atoms with Crippen LogP contribution in [0.1, 0.15) is 61.2 Å². The van der Waals surface area contributed by atoms with E-state index in [1.54, 1.807) is 35.4 Å². The number of carbonyl (C=O) groups is 1. The van der Waals surface area contributed by atoms with Gasteiger partial charge in [-0.25, -0.2) is 9.86 Å². The monoisotopic (exact) mass is 564 g/mol. The van der Waals surface area contributed by atoms with Crippen LogP contribution in [0.5, 0.6) is 28.7 Å². The normalized spacial score (nSPS) is 17.3. The summed E-state index contributed by atoms with van der Waals surface area (Å²) in [5, 5.41) is 14.0. The molecule has 0 bridgehead atoms. The first-order valence-electron chi connectivity index (χ1n) is 12.9. The van der Waals surface area contributed by atoms with Crippen LogP contribution in [0, 0.1) is 0 Å². The predicted octanol–water partition coefficient (Wildman–Crippen LogP) is 6.42. The molecule has 0 aromatic heterocycles. The van der Waals surface area contributed by atoms with Crippen molar-refractivity contribution in [3.05, 3.63) is 35.4 Å². The van der Waals surface area contributed by atoms with Crippen molar-refractivity contribution in [3.8, 4) is 28.7 Å². The number of carbonyl (C=O) groups excluding carboxylic acids is 1. The van der Waals surface area contributed by atoms with Gasteiger partial charge in [0.15, 0.2) is 29.3 Å². The van der Waals surface area contributed by atoms with E-state index in [0.29, 0.717) is 45.9 Å². The summed E-state index contributed by atoms with van der Waals surface area (Å²) >= 11 is 1.81. The average molecular weight is 565 g/mol. The summed E-state index contributed by atoms with van der Waals surface area (Å²) in [5.74, 6) is 2.59. The fourth-order valence-corrected chi connectivity index (χ4v) is 5.92. The smallest absolute Gasteiger partial charge is 0.345 e. The molecule has 2 amide bonds. The van der Waals surface area contributed by atoms with Crippen molar-refractivity contribution in [1.82, 2.24) is 5.06 Å². The SMILES string of the molecule is CCCCN(O)C(=O)Nc1cc(C2CCC(c3cc(OC)c(OC)c(OC)c3)S2)cc(OC)c1OC(C)OC. The van der Waals surface area contributed by atoms with E-state index in [1.807, 2.05) is 43.0 Å². The van der Waals surface area contributed by atoms with Gasteiger partial charge in [-0.15, -0.1) is 11.8 Å². The molecule has 1 fully saturated rings. The third kappa shape index (κ3) is 7.34. The zero-order chi connectivity index (χ0) is 28.5. The van der Waals surface area contributed by atoms with E-state index >= 15 is 0 Å². The quantitative estimate of drug-likeness (QED) is 0.162. The first-order chi connectivity index (χ1) is 18.8. The molecule has 2 N–H and O–H groups in total. The van der Waals surface area contributed by atoms with E-state index in [1.165, 1.54) is 7.11 Å². The van der Waals surface area contributed by atoms with Gasteiger partial charge in [0.1, 0.15) is 0 Å². The van der Waals surface area contributed by atoms with E-state index in [4.69, 9.17) is 28.4 Å². The number of rotatable bonds is 13. The van der Waals surface area contributed by atoms with Gasteiger partial charge in [0.25, 0.3) is 0 Å². The highest BCUT2D eigenvalue weighted by Gasteiger charge is 2.31. The molecule has 1 saturated heterocycles. The molecular weight excluding hydrogens is 524 g/mol. The highest BCUT2D eigenvalue weighted by Crippen LogP contribution is 2.56. The van der Waals surface area contributed by atoms with Gasteiger partial charge < -0.3 is 33.7 Å². The fourth-order valence-electron chi connectivity index (χ4n) is 4.39. The maximum Gasteiger partial charge on any atom is 0.345 e. The molecule has 0 radical (unpaired) electrons. The lowest BCUT2D eigenvalue weighted by molar-refractivity contribution is -0.0404. The number of hydroxylamine groups is 2. The lowest BCUT2D eigenvalue weighted by Crippen LogP contribution is -2.33. The minimum atomic E-state index is -0.646. The van der Waals surface area contributed by atoms with Crippen molar-refractivity contribution in [3.63, 3.8) is 0 Å². The largest absolute Gasteiger partial charge is 0.493 e. The van der Waals surface area contributed by atoms with Crippen molar-refractivity contribution in [1.29, 1.82) is 0 Å². The molecule has 1 aliphatic heterocycles. The number of amides is 2. The summed E-state index contributed by atoms with van der Waals surface area (Å²) < 4.78 is 33.5. The molecule has 216 valence electrons. The lowest BCUT2D eigenvalue weighted by atomic mass is 10.0. The molecule has 39 heavy (non-hydrogen) atoms. The number of unbranched alkanes of at least 4 members (excludes halogenated alkanes) is 1. The van der Waals surface area contributed by atoms with Gasteiger partial charge in [0.2, 0.25) is 5.75 Å². The molecule has 2 aromatic rings. The molecule has 2 aromatic carbocycles. The summed E-state index contributed by atoms with van der Waals surface area (Å²) in [7, 11) is 7.89. The first-order valence-corrected chi connectivity index (χ1v) is 13.9. The van der Waals surface area contributed by atoms with Crippen LogP contribution in [0.2, 0.25) is 0 Å². The standard InChI is InChI=1S/C28H40N2O8S/c1-8-9-12-30(32)28(31)29-20-13-18(14-21(34-4)26(20)38-17(2)33-3)24-10-11-25(39-24)19-15-22(35-5)27(37-7)23(16-19)36-6/h13-17,24-25,32H,8-12H2,1-7H3,(H,29,31). The second kappa shape index (κ2) is 14.4. The Bertz CT molecular complexity index is 1090. The average Bonchev–Trinajstić information content (AvgIpc) is 3.45. The van der Waals surface area contributed by atoms with E-state index in [-0.39, 0.29) is 17.0 Å². The minimum absolute atomic E-state index is 0.123. The Morgan fingerprint density at radius 2 is 1.49 bits per heavy atom. The molecule has 11 heteroatoms. The summed E-state index contributed by atoms with van der Waals surface area (Å²) in [6.07, 6.45) is 2.77. The van der Waals surface area contributed by atoms with Crippen LogP contribution in [0.3, 0.4) is 0 Å². The summed E-state index contributed by atoms with van der Waals surface area (Å²) in [4.78, 5) is 12.8. The molecule has 1 heterocycles. The van der Waals surface area contributed by atoms with Crippen LogP contribution in [0.4, 0.5) is 10.5 Å². The maximum absolute atomic E-state index is 12.8. The molecular formula is C28H40N2O8S. The second-order valence-electron chi connectivity index (χ2n) is 9.08. The third-order valence-corrected chi connectivity index (χ3v) is 8.24. The van der Waals surface area contributed by atoms with Gasteiger partial charge in [0.05, 0.1) is 40.7 Å². The van der Waals surface area contributed by atoms with Crippen molar-refractivity contribution >= 4 is 23.5 Å². The molecule has 3 atom stereocenters. The number of ether oxygens (including phenoxy) is 6. The number of nitrogens with one attached hydrogen (secondary N) is 1. The van der Waals surface area contributed by atoms with Crippen molar-refractivity contribution in [2.75, 3.05) is 47.4 Å². The van der Waals surface area contributed by atoms with Gasteiger partial charge in [-0.05, 0) is 61.6 Å². The second-order valence-corrected chi connectivity index (χ2v) is 10.5. The van der Waals surface area contributed by atoms with Crippen LogP contribution in [0.15, 0.2) is 24.3 Å². The lowest BCUT2D eigenvalue weighted by Gasteiger charge is -2.23. The topological polar surface area (TPSA) is 108 Å². The van der Waals surface area contributed by atoms with Gasteiger partial charge in [-0.2, -0.15) is 0 Å². The first kappa shape index (κ1) is 30.5. The molecule has 0 aliphatic carbocycles. The van der Waals surface area contributed by atoms with Crippen molar-refractivity contribution in [2.24, 2.45) is 0 Å². The Balaban J connectivity index is 1.93. The number of methoxy groups -OCH3 is 5. The molecule has 0 saturated carbocycles. The zero-order valence-electron chi connectivity index (χ0n) is 23.7. The number of hydrogen-bond acceptors (Lipinski definition) is 9. The molecule has 10 nitrogen and oxygen atoms in total. The highest BCUT2D eigenvalue weighted by molar-refractivity contribution is 8.00. The van der Waals surface area contributed by atoms with E-state index < -0.39 is 12.3 Å². The Morgan fingerprint density at radius 3 is 1.97 bits per heavy atom. The van der Waals surface area contributed by atoms with Gasteiger partial charge >= 0.3 is 6.03 Å².